The number of rotatable bonds is 1. The Morgan fingerprint density at radius 3 is 2.33 bits per heavy atom. The first-order valence-electron chi connectivity index (χ1n) is 4.49. The van der Waals surface area contributed by atoms with E-state index in [2.05, 4.69) is 5.32 Å². The van der Waals surface area contributed by atoms with Crippen LogP contribution in [-0.4, -0.2) is 12.1 Å². The topological polar surface area (TPSA) is 38.3 Å². The first-order chi connectivity index (χ1) is 7.06. The lowest BCUT2D eigenvalue weighted by Crippen LogP contribution is -2.23. The fourth-order valence-electron chi connectivity index (χ4n) is 1.61. The van der Waals surface area contributed by atoms with Crippen LogP contribution in [0.3, 0.4) is 0 Å². The Bertz CT molecular complexity index is 388. The summed E-state index contributed by atoms with van der Waals surface area (Å²) in [4.78, 5) is 10.9. The summed E-state index contributed by atoms with van der Waals surface area (Å²) in [7, 11) is 0. The van der Waals surface area contributed by atoms with E-state index < -0.39 is 23.8 Å². The van der Waals surface area contributed by atoms with Gasteiger partial charge in [0.1, 0.15) is 17.7 Å². The zero-order chi connectivity index (χ0) is 11.0. The molecule has 80 valence electrons. The molecule has 0 radical (unpaired) electrons. The van der Waals surface area contributed by atoms with Gasteiger partial charge in [-0.3, -0.25) is 0 Å². The van der Waals surface area contributed by atoms with Crippen LogP contribution in [0.15, 0.2) is 18.2 Å². The minimum absolute atomic E-state index is 0.293. The normalized spacial score (nSPS) is 24.9. The van der Waals surface area contributed by atoms with E-state index in [0.29, 0.717) is 5.56 Å². The van der Waals surface area contributed by atoms with Crippen molar-refractivity contribution in [2.24, 2.45) is 0 Å². The predicted octanol–water partition coefficient (Wildman–Crippen LogP) is 2.13. The number of ether oxygens (including phenoxy) is 1. The van der Waals surface area contributed by atoms with Gasteiger partial charge in [0, 0.05) is 11.6 Å². The van der Waals surface area contributed by atoms with Crippen molar-refractivity contribution in [3.8, 4) is 0 Å². The number of carbonyl (C=O) groups is 1. The number of halogens is 2. The Kier molecular flexibility index (Phi) is 2.30. The molecule has 1 aliphatic rings. The van der Waals surface area contributed by atoms with Crippen molar-refractivity contribution in [2.75, 3.05) is 0 Å². The second-order valence-electron chi connectivity index (χ2n) is 3.46. The molecular weight excluding hydrogens is 204 g/mol. The average molecular weight is 213 g/mol. The van der Waals surface area contributed by atoms with Crippen molar-refractivity contribution in [3.05, 3.63) is 35.4 Å². The molecule has 1 aliphatic heterocycles. The Hall–Kier alpha value is -1.65. The van der Waals surface area contributed by atoms with Gasteiger partial charge in [0.15, 0.2) is 0 Å². The van der Waals surface area contributed by atoms with Crippen molar-refractivity contribution >= 4 is 6.09 Å². The monoisotopic (exact) mass is 213 g/mol. The summed E-state index contributed by atoms with van der Waals surface area (Å²) in [5.74, 6) is -1.36. The molecule has 1 aromatic carbocycles. The lowest BCUT2D eigenvalue weighted by atomic mass is 10.0. The summed E-state index contributed by atoms with van der Waals surface area (Å²) in [5, 5.41) is 2.50. The van der Waals surface area contributed by atoms with Crippen molar-refractivity contribution in [3.63, 3.8) is 0 Å². The van der Waals surface area contributed by atoms with Crippen LogP contribution in [0, 0.1) is 11.6 Å². The van der Waals surface area contributed by atoms with Crippen LogP contribution in [0.1, 0.15) is 18.6 Å². The van der Waals surface area contributed by atoms with Crippen molar-refractivity contribution in [2.45, 2.75) is 19.1 Å². The van der Waals surface area contributed by atoms with Crippen LogP contribution in [0.5, 0.6) is 0 Å². The number of hydrogen-bond acceptors (Lipinski definition) is 2. The second-order valence-corrected chi connectivity index (χ2v) is 3.46. The number of nitrogens with one attached hydrogen (secondary N) is 1. The SMILES string of the molecule is CC1NC(=O)OC1c1cc(F)cc(F)c1. The molecule has 0 aliphatic carbocycles. The number of cyclic esters (lactones) is 1. The molecule has 3 nitrogen and oxygen atoms in total. The van der Waals surface area contributed by atoms with E-state index in [1.54, 1.807) is 6.92 Å². The minimum Gasteiger partial charge on any atom is -0.439 e. The first kappa shape index (κ1) is 9.89. The Balaban J connectivity index is 2.33. The van der Waals surface area contributed by atoms with Crippen LogP contribution in [0.4, 0.5) is 13.6 Å². The molecule has 1 fully saturated rings. The molecule has 0 aromatic heterocycles. The number of hydrogen-bond donors (Lipinski definition) is 1. The molecule has 0 spiro atoms. The van der Waals surface area contributed by atoms with Gasteiger partial charge in [-0.25, -0.2) is 13.6 Å². The molecule has 1 saturated heterocycles. The van der Waals surface area contributed by atoms with Crippen molar-refractivity contribution in [1.82, 2.24) is 5.32 Å². The summed E-state index contributed by atoms with van der Waals surface area (Å²) in [5.41, 5.74) is 0.318. The van der Waals surface area contributed by atoms with Crippen molar-refractivity contribution in [1.29, 1.82) is 0 Å². The summed E-state index contributed by atoms with van der Waals surface area (Å²) < 4.78 is 30.7. The van der Waals surface area contributed by atoms with Gasteiger partial charge in [-0.2, -0.15) is 0 Å². The van der Waals surface area contributed by atoms with Gasteiger partial charge in [-0.05, 0) is 19.1 Å². The van der Waals surface area contributed by atoms with E-state index in [1.165, 1.54) is 0 Å². The molecule has 1 N–H and O–H groups in total. The fourth-order valence-corrected chi connectivity index (χ4v) is 1.61. The van der Waals surface area contributed by atoms with E-state index >= 15 is 0 Å². The first-order valence-corrected chi connectivity index (χ1v) is 4.49. The molecule has 0 saturated carbocycles. The molecule has 1 amide bonds. The highest BCUT2D eigenvalue weighted by molar-refractivity contribution is 5.70. The number of alkyl carbamates (subject to hydrolysis) is 1. The predicted molar refractivity (Wildman–Crippen MR) is 48.2 cm³/mol. The Morgan fingerprint density at radius 1 is 1.27 bits per heavy atom. The molecule has 1 aromatic rings. The van der Waals surface area contributed by atoms with Gasteiger partial charge in [-0.1, -0.05) is 0 Å². The van der Waals surface area contributed by atoms with E-state index in [1.807, 2.05) is 0 Å². The van der Waals surface area contributed by atoms with Crippen LogP contribution in [-0.2, 0) is 4.74 Å². The van der Waals surface area contributed by atoms with Gasteiger partial charge in [0.2, 0.25) is 0 Å². The van der Waals surface area contributed by atoms with Crippen molar-refractivity contribution < 1.29 is 18.3 Å². The summed E-state index contributed by atoms with van der Waals surface area (Å²) in [6, 6.07) is 2.80. The zero-order valence-corrected chi connectivity index (χ0v) is 7.96. The maximum atomic E-state index is 12.9. The summed E-state index contributed by atoms with van der Waals surface area (Å²) in [6.45, 7) is 1.71. The maximum Gasteiger partial charge on any atom is 0.408 e. The lowest BCUT2D eigenvalue weighted by molar-refractivity contribution is 0.133. The third-order valence-corrected chi connectivity index (χ3v) is 2.25. The molecule has 2 unspecified atom stereocenters. The summed E-state index contributed by atoms with van der Waals surface area (Å²) in [6.07, 6.45) is -1.21. The Labute approximate surface area is 85.0 Å². The highest BCUT2D eigenvalue weighted by atomic mass is 19.1. The fraction of sp³-hybridized carbons (Fsp3) is 0.300. The van der Waals surface area contributed by atoms with Gasteiger partial charge < -0.3 is 10.1 Å². The van der Waals surface area contributed by atoms with E-state index in [9.17, 15) is 13.6 Å². The quantitative estimate of drug-likeness (QED) is 0.776. The number of benzene rings is 1. The van der Waals surface area contributed by atoms with E-state index in [0.717, 1.165) is 18.2 Å². The van der Waals surface area contributed by atoms with Gasteiger partial charge in [0.25, 0.3) is 0 Å². The third-order valence-electron chi connectivity index (χ3n) is 2.25. The molecule has 0 bridgehead atoms. The molecule has 2 atom stereocenters. The highest BCUT2D eigenvalue weighted by Crippen LogP contribution is 2.27. The molecule has 5 heteroatoms. The highest BCUT2D eigenvalue weighted by Gasteiger charge is 2.32. The molecule has 2 rings (SSSR count). The zero-order valence-electron chi connectivity index (χ0n) is 7.96. The molecule has 15 heavy (non-hydrogen) atoms. The van der Waals surface area contributed by atoms with Gasteiger partial charge in [-0.15, -0.1) is 0 Å². The van der Waals surface area contributed by atoms with Crippen LogP contribution >= 0.6 is 0 Å². The number of carbonyl (C=O) groups excluding carboxylic acids is 1. The second kappa shape index (κ2) is 3.49. The number of amides is 1. The summed E-state index contributed by atoms with van der Waals surface area (Å²) >= 11 is 0. The van der Waals surface area contributed by atoms with Crippen LogP contribution < -0.4 is 5.32 Å². The molecular formula is C10H9F2NO2. The smallest absolute Gasteiger partial charge is 0.408 e. The lowest BCUT2D eigenvalue weighted by Gasteiger charge is -2.12. The molecule has 1 heterocycles. The standard InChI is InChI=1S/C10H9F2NO2/c1-5-9(15-10(14)13-5)6-2-7(11)4-8(12)3-6/h2-5,9H,1H3,(H,13,14). The van der Waals surface area contributed by atoms with E-state index in [4.69, 9.17) is 4.74 Å². The van der Waals surface area contributed by atoms with Crippen LogP contribution in [0.25, 0.3) is 0 Å². The van der Waals surface area contributed by atoms with Gasteiger partial charge >= 0.3 is 6.09 Å². The van der Waals surface area contributed by atoms with E-state index in [-0.39, 0.29) is 6.04 Å². The minimum atomic E-state index is -0.680. The third kappa shape index (κ3) is 1.91. The van der Waals surface area contributed by atoms with Crippen LogP contribution in [0.2, 0.25) is 0 Å². The largest absolute Gasteiger partial charge is 0.439 e. The van der Waals surface area contributed by atoms with Gasteiger partial charge in [0.05, 0.1) is 6.04 Å². The average Bonchev–Trinajstić information content (AvgIpc) is 2.43. The Morgan fingerprint density at radius 2 is 1.87 bits per heavy atom. The maximum absolute atomic E-state index is 12.9.